The molecule has 0 aliphatic carbocycles. The lowest BCUT2D eigenvalue weighted by atomic mass is 10.3. The average molecular weight is 266 g/mol. The van der Waals surface area contributed by atoms with Crippen LogP contribution < -0.4 is 15.5 Å². The monoisotopic (exact) mass is 266 g/mol. The van der Waals surface area contributed by atoms with Crippen LogP contribution in [0.2, 0.25) is 0 Å². The van der Waals surface area contributed by atoms with Crippen LogP contribution in [0.1, 0.15) is 13.3 Å². The van der Waals surface area contributed by atoms with E-state index < -0.39 is 0 Å². The van der Waals surface area contributed by atoms with Gasteiger partial charge in [0.15, 0.2) is 0 Å². The van der Waals surface area contributed by atoms with Gasteiger partial charge in [-0.3, -0.25) is 14.4 Å². The van der Waals surface area contributed by atoms with Crippen molar-refractivity contribution in [2.24, 2.45) is 0 Å². The van der Waals surface area contributed by atoms with E-state index in [2.05, 4.69) is 10.8 Å². The third-order valence-corrected chi connectivity index (χ3v) is 2.11. The topological polar surface area (TPSA) is 76.7 Å². The highest BCUT2D eigenvalue weighted by atomic mass is 16.7. The third kappa shape index (κ3) is 7.77. The van der Waals surface area contributed by atoms with E-state index in [-0.39, 0.29) is 24.8 Å². The minimum atomic E-state index is -0.284. The second-order valence-corrected chi connectivity index (χ2v) is 3.77. The van der Waals surface area contributed by atoms with E-state index in [0.29, 0.717) is 13.2 Å². The minimum Gasteiger partial charge on any atom is -0.491 e. The Kier molecular flexibility index (Phi) is 7.04. The lowest BCUT2D eigenvalue weighted by molar-refractivity contribution is -0.134. The van der Waals surface area contributed by atoms with E-state index in [1.165, 1.54) is 6.92 Å². The molecule has 2 amide bonds. The minimum absolute atomic E-state index is 0.162. The van der Waals surface area contributed by atoms with Crippen LogP contribution in [-0.4, -0.2) is 31.6 Å². The van der Waals surface area contributed by atoms with Gasteiger partial charge in [-0.25, -0.2) is 5.48 Å². The first kappa shape index (κ1) is 15.0. The van der Waals surface area contributed by atoms with Gasteiger partial charge in [-0.2, -0.15) is 0 Å². The summed E-state index contributed by atoms with van der Waals surface area (Å²) in [6.07, 6.45) is 0.180. The Balaban J connectivity index is 1.98. The fourth-order valence-corrected chi connectivity index (χ4v) is 1.25. The first-order valence-corrected chi connectivity index (χ1v) is 6.01. The zero-order valence-corrected chi connectivity index (χ0v) is 10.8. The van der Waals surface area contributed by atoms with Gasteiger partial charge in [0.1, 0.15) is 19.0 Å². The molecule has 0 aliphatic rings. The predicted octanol–water partition coefficient (Wildman–Crippen LogP) is 0.639. The maximum absolute atomic E-state index is 11.2. The van der Waals surface area contributed by atoms with Crippen molar-refractivity contribution in [1.82, 2.24) is 10.8 Å². The van der Waals surface area contributed by atoms with Gasteiger partial charge in [0.2, 0.25) is 11.8 Å². The van der Waals surface area contributed by atoms with Crippen LogP contribution in [0.25, 0.3) is 0 Å². The molecule has 0 saturated carbocycles. The molecule has 6 heteroatoms. The summed E-state index contributed by atoms with van der Waals surface area (Å²) in [5.41, 5.74) is 2.27. The molecule has 0 fully saturated rings. The standard InChI is InChI=1S/C13H18N2O4/c1-11(16)14-8-7-13(17)15-19-10-9-18-12-5-3-2-4-6-12/h2-6H,7-10H2,1H3,(H,14,16)(H,15,17). The highest BCUT2D eigenvalue weighted by molar-refractivity contribution is 5.77. The smallest absolute Gasteiger partial charge is 0.245 e. The molecule has 104 valence electrons. The van der Waals surface area contributed by atoms with Crippen molar-refractivity contribution in [3.63, 3.8) is 0 Å². The van der Waals surface area contributed by atoms with Crippen molar-refractivity contribution >= 4 is 11.8 Å². The number of carbonyl (C=O) groups is 2. The molecule has 1 aromatic rings. The SMILES string of the molecule is CC(=O)NCCC(=O)NOCCOc1ccccc1. The maximum Gasteiger partial charge on any atom is 0.245 e. The van der Waals surface area contributed by atoms with E-state index in [1.54, 1.807) is 0 Å². The summed E-state index contributed by atoms with van der Waals surface area (Å²) in [6, 6.07) is 9.33. The van der Waals surface area contributed by atoms with Crippen LogP contribution in [0.3, 0.4) is 0 Å². The number of nitrogens with one attached hydrogen (secondary N) is 2. The molecule has 0 bridgehead atoms. The number of hydrogen-bond acceptors (Lipinski definition) is 4. The highest BCUT2D eigenvalue weighted by Gasteiger charge is 2.01. The van der Waals surface area contributed by atoms with Gasteiger partial charge in [-0.15, -0.1) is 0 Å². The Bertz CT molecular complexity index is 395. The fraction of sp³-hybridized carbons (Fsp3) is 0.385. The zero-order valence-electron chi connectivity index (χ0n) is 10.8. The number of ether oxygens (including phenoxy) is 1. The summed E-state index contributed by atoms with van der Waals surface area (Å²) in [5, 5.41) is 2.52. The molecular formula is C13H18N2O4. The van der Waals surface area contributed by atoms with Crippen LogP contribution in [0.5, 0.6) is 5.75 Å². The second kappa shape index (κ2) is 8.93. The summed E-state index contributed by atoms with van der Waals surface area (Å²) in [5.74, 6) is 0.307. The molecule has 0 unspecified atom stereocenters. The Labute approximate surface area is 112 Å². The molecule has 1 rings (SSSR count). The number of benzene rings is 1. The number of hydrogen-bond donors (Lipinski definition) is 2. The molecule has 6 nitrogen and oxygen atoms in total. The van der Waals surface area contributed by atoms with E-state index in [0.717, 1.165) is 5.75 Å². The van der Waals surface area contributed by atoms with Crippen LogP contribution in [0, 0.1) is 0 Å². The van der Waals surface area contributed by atoms with Gasteiger partial charge < -0.3 is 10.1 Å². The highest BCUT2D eigenvalue weighted by Crippen LogP contribution is 2.07. The number of amides is 2. The number of carbonyl (C=O) groups excluding carboxylic acids is 2. The lowest BCUT2D eigenvalue weighted by Gasteiger charge is -2.07. The molecule has 19 heavy (non-hydrogen) atoms. The molecule has 0 aromatic heterocycles. The summed E-state index contributed by atoms with van der Waals surface area (Å²) in [7, 11) is 0. The van der Waals surface area contributed by atoms with Crippen LogP contribution in [-0.2, 0) is 14.4 Å². The first-order chi connectivity index (χ1) is 9.18. The van der Waals surface area contributed by atoms with Gasteiger partial charge >= 0.3 is 0 Å². The first-order valence-electron chi connectivity index (χ1n) is 6.01. The summed E-state index contributed by atoms with van der Waals surface area (Å²) < 4.78 is 5.37. The Morgan fingerprint density at radius 3 is 2.58 bits per heavy atom. The summed E-state index contributed by atoms with van der Waals surface area (Å²) >= 11 is 0. The van der Waals surface area contributed by atoms with Gasteiger partial charge in [0, 0.05) is 19.9 Å². The third-order valence-electron chi connectivity index (χ3n) is 2.11. The fourth-order valence-electron chi connectivity index (χ4n) is 1.25. The van der Waals surface area contributed by atoms with Crippen molar-refractivity contribution in [3.05, 3.63) is 30.3 Å². The number of rotatable bonds is 8. The van der Waals surface area contributed by atoms with Crippen molar-refractivity contribution < 1.29 is 19.2 Å². The summed E-state index contributed by atoms with van der Waals surface area (Å²) in [4.78, 5) is 26.7. The van der Waals surface area contributed by atoms with Crippen LogP contribution in [0.15, 0.2) is 30.3 Å². The Morgan fingerprint density at radius 1 is 1.16 bits per heavy atom. The predicted molar refractivity (Wildman–Crippen MR) is 69.3 cm³/mol. The molecule has 0 saturated heterocycles. The molecular weight excluding hydrogens is 248 g/mol. The lowest BCUT2D eigenvalue weighted by Crippen LogP contribution is -2.30. The maximum atomic E-state index is 11.2. The summed E-state index contributed by atoms with van der Waals surface area (Å²) in [6.45, 7) is 2.29. The van der Waals surface area contributed by atoms with Crippen molar-refractivity contribution in [3.8, 4) is 5.75 Å². The zero-order chi connectivity index (χ0) is 13.9. The molecule has 0 spiro atoms. The quantitative estimate of drug-likeness (QED) is 0.535. The Morgan fingerprint density at radius 2 is 1.89 bits per heavy atom. The molecule has 0 atom stereocenters. The van der Waals surface area contributed by atoms with Gasteiger partial charge in [0.05, 0.1) is 0 Å². The van der Waals surface area contributed by atoms with E-state index in [4.69, 9.17) is 9.57 Å². The van der Waals surface area contributed by atoms with E-state index in [9.17, 15) is 9.59 Å². The van der Waals surface area contributed by atoms with E-state index in [1.807, 2.05) is 30.3 Å². The van der Waals surface area contributed by atoms with Crippen molar-refractivity contribution in [2.45, 2.75) is 13.3 Å². The molecule has 2 N–H and O–H groups in total. The van der Waals surface area contributed by atoms with Crippen molar-refractivity contribution in [1.29, 1.82) is 0 Å². The molecule has 0 heterocycles. The Hall–Kier alpha value is -2.08. The second-order valence-electron chi connectivity index (χ2n) is 3.77. The molecule has 0 radical (unpaired) electrons. The average Bonchev–Trinajstić information content (AvgIpc) is 2.39. The van der Waals surface area contributed by atoms with Gasteiger partial charge in [-0.05, 0) is 12.1 Å². The number of para-hydroxylation sites is 1. The molecule has 1 aromatic carbocycles. The van der Waals surface area contributed by atoms with Gasteiger partial charge in [-0.1, -0.05) is 18.2 Å². The number of hydroxylamine groups is 1. The van der Waals surface area contributed by atoms with Crippen LogP contribution in [0.4, 0.5) is 0 Å². The van der Waals surface area contributed by atoms with Crippen molar-refractivity contribution in [2.75, 3.05) is 19.8 Å². The normalized spacial score (nSPS) is 9.74. The van der Waals surface area contributed by atoms with E-state index >= 15 is 0 Å². The largest absolute Gasteiger partial charge is 0.491 e. The molecule has 0 aliphatic heterocycles. The van der Waals surface area contributed by atoms with Gasteiger partial charge in [0.25, 0.3) is 0 Å². The van der Waals surface area contributed by atoms with Crippen LogP contribution >= 0.6 is 0 Å².